The molecule has 4 aliphatic carbocycles. The van der Waals surface area contributed by atoms with Crippen LogP contribution < -0.4 is 0 Å². The summed E-state index contributed by atoms with van der Waals surface area (Å²) in [5.41, 5.74) is 0.0726. The maximum atomic E-state index is 13.6. The van der Waals surface area contributed by atoms with Crippen molar-refractivity contribution >= 4 is 17.5 Å². The van der Waals surface area contributed by atoms with Crippen LogP contribution in [-0.4, -0.2) is 50.9 Å². The number of aliphatic hydroxyl groups is 2. The fourth-order valence-electron chi connectivity index (χ4n) is 7.47. The lowest BCUT2D eigenvalue weighted by Crippen LogP contribution is -2.54. The number of ketones is 2. The Labute approximate surface area is 201 Å². The molecule has 0 aliphatic heterocycles. The molecular formula is C27H38O7. The smallest absolute Gasteiger partial charge is 0.303 e. The number of rotatable bonds is 7. The van der Waals surface area contributed by atoms with E-state index in [0.29, 0.717) is 38.5 Å². The maximum Gasteiger partial charge on any atom is 0.303 e. The molecule has 0 aromatic heterocycles. The first-order valence-corrected chi connectivity index (χ1v) is 12.6. The highest BCUT2D eigenvalue weighted by atomic mass is 16.6. The zero-order valence-electron chi connectivity index (χ0n) is 20.7. The van der Waals surface area contributed by atoms with Gasteiger partial charge < -0.3 is 20.1 Å². The van der Waals surface area contributed by atoms with Crippen molar-refractivity contribution in [2.45, 2.75) is 97.1 Å². The van der Waals surface area contributed by atoms with Crippen molar-refractivity contribution in [2.75, 3.05) is 0 Å². The van der Waals surface area contributed by atoms with E-state index in [0.717, 1.165) is 11.1 Å². The van der Waals surface area contributed by atoms with E-state index >= 15 is 0 Å². The van der Waals surface area contributed by atoms with E-state index in [9.17, 15) is 29.7 Å². The molecule has 1 unspecified atom stereocenters. The van der Waals surface area contributed by atoms with Gasteiger partial charge in [-0.05, 0) is 70.3 Å². The lowest BCUT2D eigenvalue weighted by Gasteiger charge is -2.57. The number of carbonyl (C=O) groups is 3. The summed E-state index contributed by atoms with van der Waals surface area (Å²) in [6.07, 6.45) is 5.39. The first-order valence-electron chi connectivity index (χ1n) is 12.6. The second-order valence-electron chi connectivity index (χ2n) is 11.6. The van der Waals surface area contributed by atoms with E-state index in [1.165, 1.54) is 0 Å². The molecule has 7 atom stereocenters. The molecule has 0 aromatic rings. The van der Waals surface area contributed by atoms with Crippen LogP contribution in [0, 0.1) is 28.6 Å². The number of hydrogen-bond donors (Lipinski definition) is 3. The number of carbonyl (C=O) groups excluding carboxylic acids is 2. The van der Waals surface area contributed by atoms with E-state index in [1.54, 1.807) is 19.9 Å². The van der Waals surface area contributed by atoms with Gasteiger partial charge in [0.2, 0.25) is 6.29 Å². The number of fused-ring (bicyclic) bond motifs is 5. The van der Waals surface area contributed by atoms with Gasteiger partial charge in [0.1, 0.15) is 0 Å². The minimum Gasteiger partial charge on any atom is -0.481 e. The summed E-state index contributed by atoms with van der Waals surface area (Å²) in [5, 5.41) is 31.5. The second-order valence-corrected chi connectivity index (χ2v) is 11.6. The van der Waals surface area contributed by atoms with E-state index in [1.807, 2.05) is 6.92 Å². The quantitative estimate of drug-likeness (QED) is 0.381. The molecule has 0 amide bonds. The van der Waals surface area contributed by atoms with Gasteiger partial charge in [-0.25, -0.2) is 0 Å². The Balaban J connectivity index is 1.78. The van der Waals surface area contributed by atoms with Crippen LogP contribution in [0.2, 0.25) is 0 Å². The Morgan fingerprint density at radius 2 is 1.94 bits per heavy atom. The van der Waals surface area contributed by atoms with Crippen LogP contribution in [0.25, 0.3) is 0 Å². The van der Waals surface area contributed by atoms with E-state index in [-0.39, 0.29) is 47.8 Å². The third-order valence-corrected chi connectivity index (χ3v) is 9.48. The monoisotopic (exact) mass is 474 g/mol. The lowest BCUT2D eigenvalue weighted by atomic mass is 9.47. The maximum absolute atomic E-state index is 13.6. The van der Waals surface area contributed by atoms with E-state index < -0.39 is 29.2 Å². The third-order valence-electron chi connectivity index (χ3n) is 9.48. The summed E-state index contributed by atoms with van der Waals surface area (Å²) < 4.78 is 5.46. The molecule has 34 heavy (non-hydrogen) atoms. The van der Waals surface area contributed by atoms with Crippen LogP contribution in [-0.2, 0) is 19.1 Å². The fraction of sp³-hybridized carbons (Fsp3) is 0.741. The van der Waals surface area contributed by atoms with Gasteiger partial charge in [-0.2, -0.15) is 0 Å². The molecule has 188 valence electrons. The van der Waals surface area contributed by atoms with E-state index in [4.69, 9.17) is 4.74 Å². The average molecular weight is 475 g/mol. The average Bonchev–Trinajstić information content (AvgIpc) is 3.02. The number of hydrogen-bond acceptors (Lipinski definition) is 6. The first-order chi connectivity index (χ1) is 15.8. The van der Waals surface area contributed by atoms with Crippen molar-refractivity contribution < 1.29 is 34.4 Å². The molecule has 0 aromatic carbocycles. The van der Waals surface area contributed by atoms with Gasteiger partial charge in [0.05, 0.1) is 11.7 Å². The minimum absolute atomic E-state index is 0.0255. The topological polar surface area (TPSA) is 121 Å². The number of aliphatic carboxylic acids is 1. The molecule has 2 fully saturated rings. The molecule has 0 saturated heterocycles. The van der Waals surface area contributed by atoms with Gasteiger partial charge in [-0.15, -0.1) is 0 Å². The Bertz CT molecular complexity index is 949. The van der Waals surface area contributed by atoms with Crippen LogP contribution in [0.3, 0.4) is 0 Å². The predicted molar refractivity (Wildman–Crippen MR) is 125 cm³/mol. The van der Waals surface area contributed by atoms with Crippen molar-refractivity contribution in [3.8, 4) is 0 Å². The van der Waals surface area contributed by atoms with Gasteiger partial charge >= 0.3 is 5.97 Å². The van der Waals surface area contributed by atoms with Gasteiger partial charge in [0.15, 0.2) is 11.6 Å². The summed E-state index contributed by atoms with van der Waals surface area (Å²) in [4.78, 5) is 37.1. The molecule has 7 nitrogen and oxygen atoms in total. The summed E-state index contributed by atoms with van der Waals surface area (Å²) in [7, 11) is 0. The number of aliphatic hydroxyl groups excluding tert-OH is 1. The molecule has 4 rings (SSSR count). The van der Waals surface area contributed by atoms with Crippen LogP contribution in [0.4, 0.5) is 0 Å². The number of Topliss-reactive ketones (excluding diaryl/α,β-unsaturated/α-hetero) is 1. The molecule has 4 aliphatic rings. The zero-order chi connectivity index (χ0) is 25.1. The first kappa shape index (κ1) is 25.3. The summed E-state index contributed by atoms with van der Waals surface area (Å²) in [6.45, 7) is 7.71. The number of carboxylic acid groups (broad SMARTS) is 1. The van der Waals surface area contributed by atoms with E-state index in [2.05, 4.69) is 13.0 Å². The Hall–Kier alpha value is -1.83. The Morgan fingerprint density at radius 1 is 1.24 bits per heavy atom. The van der Waals surface area contributed by atoms with Crippen LogP contribution in [0.15, 0.2) is 23.3 Å². The van der Waals surface area contributed by atoms with Gasteiger partial charge in [0.25, 0.3) is 0 Å². The third kappa shape index (κ3) is 3.90. The minimum atomic E-state index is -1.55. The van der Waals surface area contributed by atoms with Crippen molar-refractivity contribution in [1.82, 2.24) is 0 Å². The number of allylic oxidation sites excluding steroid dienone is 4. The zero-order valence-corrected chi connectivity index (χ0v) is 20.7. The molecular weight excluding hydrogens is 436 g/mol. The van der Waals surface area contributed by atoms with Gasteiger partial charge in [-0.1, -0.05) is 31.1 Å². The highest BCUT2D eigenvalue weighted by Crippen LogP contribution is 2.67. The normalized spacial score (nSPS) is 40.1. The van der Waals surface area contributed by atoms with Crippen LogP contribution in [0.5, 0.6) is 0 Å². The highest BCUT2D eigenvalue weighted by Gasteiger charge is 2.64. The second kappa shape index (κ2) is 8.68. The SMILES string of the molecule is CC(C)OC(O)C(=O)[C@@H]1CC2=CC(=O)CC[C@]2(C)C2=CC[C@@]3(C)[C@@H](CC[C@@]3(O)CCC(=O)O)[C@@H]21. The largest absolute Gasteiger partial charge is 0.481 e. The number of ether oxygens (including phenoxy) is 1. The fourth-order valence-corrected chi connectivity index (χ4v) is 7.47. The van der Waals surface area contributed by atoms with Crippen molar-refractivity contribution in [2.24, 2.45) is 28.6 Å². The summed E-state index contributed by atoms with van der Waals surface area (Å²) in [6, 6.07) is 0. The van der Waals surface area contributed by atoms with Gasteiger partial charge in [0, 0.05) is 29.6 Å². The standard InChI is InChI=1S/C27H38O7/c1-15(2)34-24(32)23(31)18-14-16-13-17(28)5-9-25(16,3)19-6-10-26(4)20(22(18)19)7-11-27(26,33)12-8-21(29)30/h6,13,15,18,20,22,24,32-33H,5,7-12,14H2,1-4H3,(H,29,30)/t18-,20+,22-,24?,25+,26+,27-/m1/s1. The molecule has 7 heteroatoms. The molecule has 2 saturated carbocycles. The molecule has 0 heterocycles. The molecule has 0 bridgehead atoms. The molecule has 0 radical (unpaired) electrons. The number of carboxylic acids is 1. The summed E-state index contributed by atoms with van der Waals surface area (Å²) >= 11 is 0. The highest BCUT2D eigenvalue weighted by molar-refractivity contribution is 5.93. The predicted octanol–water partition coefficient (Wildman–Crippen LogP) is 3.57. The molecule has 0 spiro atoms. The lowest BCUT2D eigenvalue weighted by molar-refractivity contribution is -0.172. The van der Waals surface area contributed by atoms with Crippen LogP contribution in [0.1, 0.15) is 79.1 Å². The van der Waals surface area contributed by atoms with Crippen LogP contribution >= 0.6 is 0 Å². The molecule has 3 N–H and O–H groups in total. The van der Waals surface area contributed by atoms with Crippen molar-refractivity contribution in [3.63, 3.8) is 0 Å². The van der Waals surface area contributed by atoms with Crippen molar-refractivity contribution in [1.29, 1.82) is 0 Å². The summed E-state index contributed by atoms with van der Waals surface area (Å²) in [5.74, 6) is -2.01. The Morgan fingerprint density at radius 3 is 2.59 bits per heavy atom. The van der Waals surface area contributed by atoms with Gasteiger partial charge in [-0.3, -0.25) is 14.4 Å². The Kier molecular flexibility index (Phi) is 6.45. The van der Waals surface area contributed by atoms with Crippen molar-refractivity contribution in [3.05, 3.63) is 23.3 Å².